The molecule has 8 heteroatoms. The number of nitrogens with zero attached hydrogens (tertiary/aromatic N) is 1. The minimum absolute atomic E-state index is 0. The van der Waals surface area contributed by atoms with Crippen LogP contribution in [0.4, 0.5) is 5.69 Å². The van der Waals surface area contributed by atoms with Gasteiger partial charge in [0, 0.05) is 29.5 Å². The van der Waals surface area contributed by atoms with Gasteiger partial charge in [0.05, 0.1) is 17.1 Å². The summed E-state index contributed by atoms with van der Waals surface area (Å²) in [4.78, 5) is 1.75. The molecule has 2 atom stereocenters. The van der Waals surface area contributed by atoms with E-state index in [1.165, 1.54) is 109 Å². The van der Waals surface area contributed by atoms with E-state index in [1.54, 1.807) is 18.2 Å². The molecule has 0 amide bonds. The molecule has 6 nitrogen and oxygen atoms in total. The molecule has 2 rings (SSSR count). The monoisotopic (exact) mass is 653 g/mol. The summed E-state index contributed by atoms with van der Waals surface area (Å²) in [5.41, 5.74) is 0.738. The quantitative estimate of drug-likeness (QED) is 0.0589. The van der Waals surface area contributed by atoms with Gasteiger partial charge in [0.1, 0.15) is 10.1 Å². The minimum Gasteiger partial charge on any atom is -0.744 e. The number of hydrogen-bond acceptors (Lipinski definition) is 6. The van der Waals surface area contributed by atoms with E-state index in [1.807, 2.05) is 17.0 Å². The number of aliphatic hydroxyl groups is 2. The van der Waals surface area contributed by atoms with Crippen molar-refractivity contribution in [2.75, 3.05) is 18.0 Å². The zero-order valence-electron chi connectivity index (χ0n) is 29.6. The van der Waals surface area contributed by atoms with E-state index >= 15 is 0 Å². The first-order valence-corrected chi connectivity index (χ1v) is 19.8. The number of anilines is 1. The van der Waals surface area contributed by atoms with Gasteiger partial charge in [0.2, 0.25) is 0 Å². The van der Waals surface area contributed by atoms with Gasteiger partial charge in [-0.2, -0.15) is 0 Å². The molecule has 0 fully saturated rings. The summed E-state index contributed by atoms with van der Waals surface area (Å²) < 4.78 is 35.9. The Balaban J connectivity index is 0.0000106. The maximum Gasteiger partial charge on any atom is 1.00 e. The fourth-order valence-corrected chi connectivity index (χ4v) is 7.13. The van der Waals surface area contributed by atoms with Crippen LogP contribution in [0.25, 0.3) is 10.8 Å². The van der Waals surface area contributed by atoms with Gasteiger partial charge >= 0.3 is 18.9 Å². The minimum atomic E-state index is -4.64. The van der Waals surface area contributed by atoms with Crippen molar-refractivity contribution in [1.82, 2.24) is 0 Å². The molecule has 0 aliphatic rings. The molecule has 0 bridgehead atoms. The smallest absolute Gasteiger partial charge is 0.744 e. The third-order valence-corrected chi connectivity index (χ3v) is 10.0. The van der Waals surface area contributed by atoms with Crippen molar-refractivity contribution < 1.29 is 42.0 Å². The number of unbranched alkanes of at least 4 members (excludes halogenated alkanes) is 18. The summed E-state index contributed by atoms with van der Waals surface area (Å²) in [6.45, 7) is 5.18. The molecule has 0 saturated carbocycles. The van der Waals surface area contributed by atoms with Crippen LogP contribution in [0.2, 0.25) is 0 Å². The standard InChI is InChI=1S/C38H65NO5S.Li/c1-3-5-7-9-11-13-15-17-19-21-25-33(40)31-39(32-34(41)26-22-20-18-16-14-12-10-8-6-4-2)37-29-30-38(45(42,43)44)36-28-24-23-27-35(36)37;/h23-24,27-30,33-34,40-41H,3-22,25-26,31-32H2,1-2H3,(H,42,43,44);/q;+1/p-1. The van der Waals surface area contributed by atoms with E-state index in [4.69, 9.17) is 0 Å². The first-order valence-electron chi connectivity index (χ1n) is 18.4. The summed E-state index contributed by atoms with van der Waals surface area (Å²) >= 11 is 0. The van der Waals surface area contributed by atoms with Gasteiger partial charge in [-0.25, -0.2) is 8.42 Å². The van der Waals surface area contributed by atoms with Crippen LogP contribution >= 0.6 is 0 Å². The van der Waals surface area contributed by atoms with Crippen molar-refractivity contribution in [2.45, 2.75) is 172 Å². The zero-order chi connectivity index (χ0) is 32.8. The van der Waals surface area contributed by atoms with Gasteiger partial charge in [-0.15, -0.1) is 0 Å². The summed E-state index contributed by atoms with van der Waals surface area (Å²) in [5.74, 6) is 0. The second kappa shape index (κ2) is 25.9. The number of fused-ring (bicyclic) bond motifs is 1. The van der Waals surface area contributed by atoms with E-state index < -0.39 is 22.3 Å². The van der Waals surface area contributed by atoms with E-state index in [-0.39, 0.29) is 23.8 Å². The van der Waals surface area contributed by atoms with Crippen LogP contribution in [0.3, 0.4) is 0 Å². The molecule has 0 spiro atoms. The van der Waals surface area contributed by atoms with Crippen LogP contribution < -0.4 is 23.8 Å². The third-order valence-electron chi connectivity index (χ3n) is 9.12. The van der Waals surface area contributed by atoms with Gasteiger partial charge < -0.3 is 19.7 Å². The summed E-state index contributed by atoms with van der Waals surface area (Å²) in [7, 11) is -4.64. The first kappa shape index (κ1) is 42.9. The molecule has 46 heavy (non-hydrogen) atoms. The average molecular weight is 654 g/mol. The van der Waals surface area contributed by atoms with Crippen LogP contribution in [0.15, 0.2) is 41.3 Å². The molecule has 0 aromatic heterocycles. The fraction of sp³-hybridized carbons (Fsp3) is 0.737. The number of hydrogen-bond donors (Lipinski definition) is 2. The van der Waals surface area contributed by atoms with Gasteiger partial charge in [0.15, 0.2) is 0 Å². The molecule has 0 radical (unpaired) electrons. The topological polar surface area (TPSA) is 101 Å². The van der Waals surface area contributed by atoms with Crippen LogP contribution in [0.1, 0.15) is 155 Å². The van der Waals surface area contributed by atoms with Crippen molar-refractivity contribution >= 4 is 26.6 Å². The molecule has 2 aromatic carbocycles. The van der Waals surface area contributed by atoms with Crippen LogP contribution in [-0.4, -0.2) is 48.5 Å². The molecule has 258 valence electrons. The summed E-state index contributed by atoms with van der Waals surface area (Å²) in [6.07, 6.45) is 25.1. The number of aliphatic hydroxyl groups excluding tert-OH is 2. The Morgan fingerprint density at radius 2 is 0.957 bits per heavy atom. The van der Waals surface area contributed by atoms with Crippen LogP contribution in [0.5, 0.6) is 0 Å². The molecule has 0 aliphatic heterocycles. The maximum atomic E-state index is 12.0. The molecule has 2 unspecified atom stereocenters. The average Bonchev–Trinajstić information content (AvgIpc) is 3.01. The Hall–Kier alpha value is -1.07. The van der Waals surface area contributed by atoms with Gasteiger partial charge in [0.25, 0.3) is 0 Å². The molecule has 0 saturated heterocycles. The second-order valence-corrected chi connectivity index (χ2v) is 14.6. The molecular formula is C38H64LiNO5S. The van der Waals surface area contributed by atoms with Crippen molar-refractivity contribution in [1.29, 1.82) is 0 Å². The van der Waals surface area contributed by atoms with Crippen molar-refractivity contribution in [3.63, 3.8) is 0 Å². The van der Waals surface area contributed by atoms with E-state index in [0.29, 0.717) is 36.7 Å². The second-order valence-electron chi connectivity index (χ2n) is 13.2. The molecule has 0 heterocycles. The Morgan fingerprint density at radius 1 is 0.587 bits per heavy atom. The molecule has 2 N–H and O–H groups in total. The maximum absolute atomic E-state index is 12.0. The predicted octanol–water partition coefficient (Wildman–Crippen LogP) is 6.90. The van der Waals surface area contributed by atoms with Gasteiger partial charge in [-0.1, -0.05) is 167 Å². The SMILES string of the molecule is CCCCCCCCCCCCC(O)CN(CC(O)CCCCCCCCCCCC)c1ccc(S(=O)(=O)[O-])c2ccccc12.[Li+]. The molecule has 0 aliphatic carbocycles. The van der Waals surface area contributed by atoms with E-state index in [0.717, 1.165) is 31.4 Å². The summed E-state index contributed by atoms with van der Waals surface area (Å²) in [5, 5.41) is 23.2. The summed E-state index contributed by atoms with van der Waals surface area (Å²) in [6, 6.07) is 10.1. The predicted molar refractivity (Wildman–Crippen MR) is 189 cm³/mol. The fourth-order valence-electron chi connectivity index (χ4n) is 6.45. The van der Waals surface area contributed by atoms with E-state index in [2.05, 4.69) is 13.8 Å². The molecule has 2 aromatic rings. The van der Waals surface area contributed by atoms with Crippen molar-refractivity contribution in [2.24, 2.45) is 0 Å². The van der Waals surface area contributed by atoms with Gasteiger partial charge in [-0.05, 0) is 25.0 Å². The Bertz CT molecular complexity index is 1110. The van der Waals surface area contributed by atoms with Gasteiger partial charge in [-0.3, -0.25) is 0 Å². The van der Waals surface area contributed by atoms with Crippen LogP contribution in [0, 0.1) is 0 Å². The number of rotatable bonds is 28. The normalized spacial score (nSPS) is 13.1. The van der Waals surface area contributed by atoms with Crippen molar-refractivity contribution in [3.05, 3.63) is 36.4 Å². The van der Waals surface area contributed by atoms with Crippen molar-refractivity contribution in [3.8, 4) is 0 Å². The first-order chi connectivity index (χ1) is 21.8. The van der Waals surface area contributed by atoms with Crippen LogP contribution in [-0.2, 0) is 10.1 Å². The third kappa shape index (κ3) is 17.9. The zero-order valence-corrected chi connectivity index (χ0v) is 30.4. The molecular weight excluding hydrogens is 589 g/mol. The number of benzene rings is 2. The Labute approximate surface area is 294 Å². The Kier molecular flexibility index (Phi) is 24.2. The Morgan fingerprint density at radius 3 is 1.35 bits per heavy atom. The van der Waals surface area contributed by atoms with E-state index in [9.17, 15) is 23.2 Å². The largest absolute Gasteiger partial charge is 1.00 e.